The molecule has 0 radical (unpaired) electrons. The summed E-state index contributed by atoms with van der Waals surface area (Å²) in [6, 6.07) is 13.6. The molecule has 5 rings (SSSR count). The van der Waals surface area contributed by atoms with E-state index in [0.29, 0.717) is 30.5 Å². The van der Waals surface area contributed by atoms with Gasteiger partial charge in [0.2, 0.25) is 11.7 Å². The Hall–Kier alpha value is -3.26. The number of benzene rings is 1. The summed E-state index contributed by atoms with van der Waals surface area (Å²) in [5, 5.41) is 12.5. The average Bonchev–Trinajstić information content (AvgIpc) is 3.41. The number of likely N-dealkylation sites (tertiary alicyclic amines) is 1. The zero-order valence-electron chi connectivity index (χ0n) is 15.1. The summed E-state index contributed by atoms with van der Waals surface area (Å²) in [5.74, 6) is 1.22. The van der Waals surface area contributed by atoms with Crippen LogP contribution < -0.4 is 0 Å². The molecule has 1 aliphatic heterocycles. The molecule has 3 aromatic heterocycles. The second-order valence-corrected chi connectivity index (χ2v) is 7.56. The Kier molecular flexibility index (Phi) is 4.05. The topological polar surface area (TPSA) is 77.1 Å². The Labute approximate surface area is 165 Å². The normalized spacial score (nSPS) is 14.2. The molecule has 4 heterocycles. The quantitative estimate of drug-likeness (QED) is 0.533. The van der Waals surface area contributed by atoms with Gasteiger partial charge in [0.05, 0.1) is 11.6 Å². The average molecular weight is 391 g/mol. The SMILES string of the molecule is Cn1nc(-c2ccccc2)cc1C(=O)N1CC(c2nc(-c3ccsc3)no2)C1. The molecule has 0 N–H and O–H groups in total. The van der Waals surface area contributed by atoms with Crippen LogP contribution in [0.15, 0.2) is 57.7 Å². The third kappa shape index (κ3) is 2.91. The first kappa shape index (κ1) is 16.9. The maximum absolute atomic E-state index is 12.9. The summed E-state index contributed by atoms with van der Waals surface area (Å²) in [6.07, 6.45) is 0. The Bertz CT molecular complexity index is 1110. The smallest absolute Gasteiger partial charge is 0.272 e. The molecule has 7 nitrogen and oxygen atoms in total. The molecule has 4 aromatic rings. The molecule has 8 heteroatoms. The van der Waals surface area contributed by atoms with Gasteiger partial charge in [-0.05, 0) is 17.5 Å². The number of aryl methyl sites for hydroxylation is 1. The zero-order valence-corrected chi connectivity index (χ0v) is 16.0. The highest BCUT2D eigenvalue weighted by molar-refractivity contribution is 7.08. The van der Waals surface area contributed by atoms with Crippen molar-refractivity contribution in [3.63, 3.8) is 0 Å². The molecule has 0 aliphatic carbocycles. The van der Waals surface area contributed by atoms with E-state index >= 15 is 0 Å². The molecular formula is C20H17N5O2S. The number of hydrogen-bond acceptors (Lipinski definition) is 6. The molecule has 0 bridgehead atoms. The van der Waals surface area contributed by atoms with Gasteiger partial charge >= 0.3 is 0 Å². The maximum atomic E-state index is 12.9. The predicted octanol–water partition coefficient (Wildman–Crippen LogP) is 3.44. The van der Waals surface area contributed by atoms with E-state index in [1.807, 2.05) is 53.2 Å². The van der Waals surface area contributed by atoms with Crippen LogP contribution in [0.2, 0.25) is 0 Å². The van der Waals surface area contributed by atoms with Crippen molar-refractivity contribution in [2.24, 2.45) is 7.05 Å². The number of hydrogen-bond donors (Lipinski definition) is 0. The van der Waals surface area contributed by atoms with Crippen LogP contribution in [-0.2, 0) is 7.05 Å². The van der Waals surface area contributed by atoms with Gasteiger partial charge < -0.3 is 9.42 Å². The highest BCUT2D eigenvalue weighted by Gasteiger charge is 2.37. The largest absolute Gasteiger partial charge is 0.339 e. The summed E-state index contributed by atoms with van der Waals surface area (Å²) in [6.45, 7) is 1.13. The molecule has 1 aliphatic rings. The number of carbonyl (C=O) groups is 1. The fraction of sp³-hybridized carbons (Fsp3) is 0.200. The van der Waals surface area contributed by atoms with E-state index in [1.54, 1.807) is 28.0 Å². The van der Waals surface area contributed by atoms with Crippen molar-refractivity contribution in [3.05, 3.63) is 64.8 Å². The summed E-state index contributed by atoms with van der Waals surface area (Å²) >= 11 is 1.59. The molecule has 0 atom stereocenters. The van der Waals surface area contributed by atoms with E-state index in [0.717, 1.165) is 16.8 Å². The van der Waals surface area contributed by atoms with Gasteiger partial charge in [-0.15, -0.1) is 0 Å². The van der Waals surface area contributed by atoms with Gasteiger partial charge in [0, 0.05) is 36.6 Å². The number of amides is 1. The lowest BCUT2D eigenvalue weighted by Crippen LogP contribution is -2.49. The minimum Gasteiger partial charge on any atom is -0.339 e. The monoisotopic (exact) mass is 391 g/mol. The second kappa shape index (κ2) is 6.72. The van der Waals surface area contributed by atoms with Crippen LogP contribution in [-0.4, -0.2) is 43.8 Å². The summed E-state index contributed by atoms with van der Waals surface area (Å²) in [5.41, 5.74) is 3.31. The van der Waals surface area contributed by atoms with Crippen molar-refractivity contribution in [2.45, 2.75) is 5.92 Å². The highest BCUT2D eigenvalue weighted by Crippen LogP contribution is 2.30. The molecular weight excluding hydrogens is 374 g/mol. The lowest BCUT2D eigenvalue weighted by molar-refractivity contribution is 0.0558. The summed E-state index contributed by atoms with van der Waals surface area (Å²) < 4.78 is 7.04. The zero-order chi connectivity index (χ0) is 19.1. The van der Waals surface area contributed by atoms with Gasteiger partial charge in [-0.1, -0.05) is 35.5 Å². The van der Waals surface area contributed by atoms with Crippen LogP contribution in [0.3, 0.4) is 0 Å². The lowest BCUT2D eigenvalue weighted by Gasteiger charge is -2.36. The van der Waals surface area contributed by atoms with E-state index in [4.69, 9.17) is 4.52 Å². The first-order valence-electron chi connectivity index (χ1n) is 8.94. The molecule has 0 spiro atoms. The van der Waals surface area contributed by atoms with Crippen molar-refractivity contribution >= 4 is 17.2 Å². The Morgan fingerprint density at radius 3 is 2.75 bits per heavy atom. The molecule has 1 amide bonds. The van der Waals surface area contributed by atoms with Crippen LogP contribution in [0.25, 0.3) is 22.6 Å². The summed E-state index contributed by atoms with van der Waals surface area (Å²) in [7, 11) is 1.79. The van der Waals surface area contributed by atoms with E-state index in [2.05, 4.69) is 15.2 Å². The maximum Gasteiger partial charge on any atom is 0.272 e. The number of aromatic nitrogens is 4. The van der Waals surface area contributed by atoms with Crippen molar-refractivity contribution in [1.29, 1.82) is 0 Å². The molecule has 28 heavy (non-hydrogen) atoms. The van der Waals surface area contributed by atoms with E-state index in [-0.39, 0.29) is 11.8 Å². The molecule has 1 fully saturated rings. The highest BCUT2D eigenvalue weighted by atomic mass is 32.1. The van der Waals surface area contributed by atoms with E-state index < -0.39 is 0 Å². The van der Waals surface area contributed by atoms with Gasteiger partial charge in [0.15, 0.2) is 0 Å². The van der Waals surface area contributed by atoms with Gasteiger partial charge in [-0.25, -0.2) is 0 Å². The van der Waals surface area contributed by atoms with Gasteiger partial charge in [-0.2, -0.15) is 21.4 Å². The fourth-order valence-corrected chi connectivity index (χ4v) is 3.92. The van der Waals surface area contributed by atoms with Gasteiger partial charge in [0.25, 0.3) is 5.91 Å². The lowest BCUT2D eigenvalue weighted by atomic mass is 9.99. The van der Waals surface area contributed by atoms with Crippen LogP contribution >= 0.6 is 11.3 Å². The van der Waals surface area contributed by atoms with Crippen molar-refractivity contribution in [2.75, 3.05) is 13.1 Å². The minimum absolute atomic E-state index is 0.0361. The molecule has 1 saturated heterocycles. The van der Waals surface area contributed by atoms with Crippen molar-refractivity contribution in [3.8, 4) is 22.6 Å². The molecule has 0 unspecified atom stereocenters. The first-order chi connectivity index (χ1) is 13.7. The van der Waals surface area contributed by atoms with Gasteiger partial charge in [-0.3, -0.25) is 9.48 Å². The molecule has 1 aromatic carbocycles. The van der Waals surface area contributed by atoms with E-state index in [1.165, 1.54) is 0 Å². The first-order valence-corrected chi connectivity index (χ1v) is 9.88. The van der Waals surface area contributed by atoms with E-state index in [9.17, 15) is 4.79 Å². The predicted molar refractivity (Wildman–Crippen MR) is 105 cm³/mol. The van der Waals surface area contributed by atoms with Crippen LogP contribution in [0, 0.1) is 0 Å². The number of thiophene rings is 1. The minimum atomic E-state index is -0.0361. The molecule has 0 saturated carbocycles. The van der Waals surface area contributed by atoms with Crippen molar-refractivity contribution < 1.29 is 9.32 Å². The number of nitrogens with zero attached hydrogens (tertiary/aromatic N) is 5. The number of carbonyl (C=O) groups excluding carboxylic acids is 1. The molecule has 140 valence electrons. The third-order valence-electron chi connectivity index (χ3n) is 4.91. The van der Waals surface area contributed by atoms with Crippen LogP contribution in [0.1, 0.15) is 22.3 Å². The van der Waals surface area contributed by atoms with Crippen LogP contribution in [0.4, 0.5) is 0 Å². The number of rotatable bonds is 4. The second-order valence-electron chi connectivity index (χ2n) is 6.78. The fourth-order valence-electron chi connectivity index (χ4n) is 3.29. The summed E-state index contributed by atoms with van der Waals surface area (Å²) in [4.78, 5) is 19.1. The standard InChI is InChI=1S/C20H17N5O2S/c1-24-17(9-16(22-24)13-5-3-2-4-6-13)20(26)25-10-15(11-25)19-21-18(23-27-19)14-7-8-28-12-14/h2-9,12,15H,10-11H2,1H3. The Morgan fingerprint density at radius 2 is 2.00 bits per heavy atom. The van der Waals surface area contributed by atoms with Crippen molar-refractivity contribution in [1.82, 2.24) is 24.8 Å². The van der Waals surface area contributed by atoms with Crippen LogP contribution in [0.5, 0.6) is 0 Å². The van der Waals surface area contributed by atoms with Gasteiger partial charge in [0.1, 0.15) is 5.69 Å². The Balaban J connectivity index is 1.28. The Morgan fingerprint density at radius 1 is 1.18 bits per heavy atom. The third-order valence-corrected chi connectivity index (χ3v) is 5.59.